The summed E-state index contributed by atoms with van der Waals surface area (Å²) in [5.41, 5.74) is 2.41. The predicted octanol–water partition coefficient (Wildman–Crippen LogP) is 4.00. The van der Waals surface area contributed by atoms with Crippen LogP contribution < -0.4 is 0 Å². The maximum absolute atomic E-state index is 13.8. The number of piperazine rings is 1. The molecule has 3 aromatic carbocycles. The maximum Gasteiger partial charge on any atom is 0.327 e. The van der Waals surface area contributed by atoms with Crippen LogP contribution in [0.5, 0.6) is 0 Å². The van der Waals surface area contributed by atoms with Crippen molar-refractivity contribution in [1.29, 1.82) is 0 Å². The van der Waals surface area contributed by atoms with E-state index >= 15 is 0 Å². The monoisotopic (exact) mass is 470 g/mol. The van der Waals surface area contributed by atoms with E-state index in [0.29, 0.717) is 26.1 Å². The van der Waals surface area contributed by atoms with Crippen LogP contribution in [0.15, 0.2) is 84.9 Å². The molecule has 0 unspecified atom stereocenters. The van der Waals surface area contributed by atoms with Crippen molar-refractivity contribution in [2.24, 2.45) is 0 Å². The SMILES string of the molecule is O=C(O)[C@@H]1CN(CCC#Cc2ccc(F)cc2)CCN1C(=O)C(c1ccccc1)c1ccccc1. The molecule has 0 aromatic heterocycles. The first-order chi connectivity index (χ1) is 17.0. The quantitative estimate of drug-likeness (QED) is 0.554. The van der Waals surface area contributed by atoms with Crippen LogP contribution in [0.25, 0.3) is 0 Å². The van der Waals surface area contributed by atoms with Gasteiger partial charge >= 0.3 is 5.97 Å². The summed E-state index contributed by atoms with van der Waals surface area (Å²) < 4.78 is 13.0. The van der Waals surface area contributed by atoms with E-state index in [2.05, 4.69) is 11.8 Å². The lowest BCUT2D eigenvalue weighted by atomic mass is 9.89. The number of carboxylic acid groups (broad SMARTS) is 1. The summed E-state index contributed by atoms with van der Waals surface area (Å²) in [5.74, 6) is 3.98. The molecular weight excluding hydrogens is 443 g/mol. The number of halogens is 1. The average molecular weight is 471 g/mol. The first-order valence-electron chi connectivity index (χ1n) is 11.6. The molecule has 0 saturated carbocycles. The van der Waals surface area contributed by atoms with Crippen LogP contribution in [0, 0.1) is 17.7 Å². The molecule has 178 valence electrons. The van der Waals surface area contributed by atoms with Crippen LogP contribution in [0.2, 0.25) is 0 Å². The average Bonchev–Trinajstić information content (AvgIpc) is 2.89. The van der Waals surface area contributed by atoms with Gasteiger partial charge in [0.1, 0.15) is 11.9 Å². The second-order valence-corrected chi connectivity index (χ2v) is 8.50. The molecule has 1 atom stereocenters. The molecule has 0 bridgehead atoms. The van der Waals surface area contributed by atoms with E-state index in [-0.39, 0.29) is 18.3 Å². The van der Waals surface area contributed by atoms with Gasteiger partial charge in [0.05, 0.1) is 5.92 Å². The minimum absolute atomic E-state index is 0.203. The first-order valence-corrected chi connectivity index (χ1v) is 11.6. The van der Waals surface area contributed by atoms with Gasteiger partial charge in [0.15, 0.2) is 0 Å². The van der Waals surface area contributed by atoms with Crippen LogP contribution >= 0.6 is 0 Å². The van der Waals surface area contributed by atoms with Crippen LogP contribution in [0.1, 0.15) is 29.0 Å². The summed E-state index contributed by atoms with van der Waals surface area (Å²) in [4.78, 5) is 29.5. The van der Waals surface area contributed by atoms with E-state index in [9.17, 15) is 19.1 Å². The number of rotatable bonds is 6. The predicted molar refractivity (Wildman–Crippen MR) is 132 cm³/mol. The Morgan fingerprint density at radius 1 is 0.914 bits per heavy atom. The van der Waals surface area contributed by atoms with Gasteiger partial charge < -0.3 is 10.0 Å². The third kappa shape index (κ3) is 6.14. The molecule has 1 aliphatic heterocycles. The fourth-order valence-corrected chi connectivity index (χ4v) is 4.36. The maximum atomic E-state index is 13.8. The lowest BCUT2D eigenvalue weighted by molar-refractivity contribution is -0.154. The Morgan fingerprint density at radius 2 is 1.51 bits per heavy atom. The normalized spacial score (nSPS) is 15.9. The number of carbonyl (C=O) groups excluding carboxylic acids is 1. The zero-order chi connectivity index (χ0) is 24.6. The van der Waals surface area contributed by atoms with Gasteiger partial charge in [-0.1, -0.05) is 72.5 Å². The summed E-state index contributed by atoms with van der Waals surface area (Å²) in [7, 11) is 0. The Labute approximate surface area is 204 Å². The highest BCUT2D eigenvalue weighted by Crippen LogP contribution is 2.28. The summed E-state index contributed by atoms with van der Waals surface area (Å²) in [6.45, 7) is 1.75. The first kappa shape index (κ1) is 24.2. The Balaban J connectivity index is 1.46. The molecule has 1 amide bonds. The van der Waals surface area contributed by atoms with Crippen molar-refractivity contribution in [2.75, 3.05) is 26.2 Å². The number of benzene rings is 3. The Bertz CT molecular complexity index is 1160. The molecule has 3 aromatic rings. The molecule has 6 heteroatoms. The largest absolute Gasteiger partial charge is 0.480 e. The van der Waals surface area contributed by atoms with Crippen molar-refractivity contribution in [1.82, 2.24) is 9.80 Å². The zero-order valence-corrected chi connectivity index (χ0v) is 19.3. The number of hydrogen-bond acceptors (Lipinski definition) is 3. The number of aliphatic carboxylic acids is 1. The van der Waals surface area contributed by atoms with Gasteiger partial charge in [-0.15, -0.1) is 0 Å². The van der Waals surface area contributed by atoms with Crippen LogP contribution in [-0.4, -0.2) is 59.0 Å². The third-order valence-corrected chi connectivity index (χ3v) is 6.18. The van der Waals surface area contributed by atoms with Crippen molar-refractivity contribution < 1.29 is 19.1 Å². The minimum Gasteiger partial charge on any atom is -0.480 e. The fourth-order valence-electron chi connectivity index (χ4n) is 4.36. The van der Waals surface area contributed by atoms with Gasteiger partial charge in [-0.2, -0.15) is 0 Å². The van der Waals surface area contributed by atoms with E-state index in [0.717, 1.165) is 16.7 Å². The second-order valence-electron chi connectivity index (χ2n) is 8.50. The van der Waals surface area contributed by atoms with Crippen molar-refractivity contribution in [3.63, 3.8) is 0 Å². The minimum atomic E-state index is -1.01. The van der Waals surface area contributed by atoms with Crippen LogP contribution in [0.3, 0.4) is 0 Å². The van der Waals surface area contributed by atoms with Gasteiger partial charge in [-0.05, 0) is 35.4 Å². The van der Waals surface area contributed by atoms with Gasteiger partial charge in [0.2, 0.25) is 5.91 Å². The number of amides is 1. The molecule has 0 spiro atoms. The number of carbonyl (C=O) groups is 2. The van der Waals surface area contributed by atoms with Crippen LogP contribution in [-0.2, 0) is 9.59 Å². The Morgan fingerprint density at radius 3 is 2.09 bits per heavy atom. The number of carboxylic acids is 1. The molecule has 4 rings (SSSR count). The highest BCUT2D eigenvalue weighted by atomic mass is 19.1. The van der Waals surface area contributed by atoms with Gasteiger partial charge in [0.25, 0.3) is 0 Å². The van der Waals surface area contributed by atoms with E-state index in [1.807, 2.05) is 65.6 Å². The molecule has 1 heterocycles. The second kappa shape index (κ2) is 11.5. The lowest BCUT2D eigenvalue weighted by Crippen LogP contribution is -2.59. The van der Waals surface area contributed by atoms with E-state index in [4.69, 9.17) is 0 Å². The molecule has 1 aliphatic rings. The van der Waals surface area contributed by atoms with Gasteiger partial charge in [-0.25, -0.2) is 9.18 Å². The fraction of sp³-hybridized carbons (Fsp3) is 0.241. The summed E-state index contributed by atoms with van der Waals surface area (Å²) in [5, 5.41) is 9.96. The summed E-state index contributed by atoms with van der Waals surface area (Å²) in [6, 6.07) is 24.0. The van der Waals surface area contributed by atoms with E-state index in [1.54, 1.807) is 12.1 Å². The molecule has 35 heavy (non-hydrogen) atoms. The molecule has 1 saturated heterocycles. The van der Waals surface area contributed by atoms with Crippen molar-refractivity contribution in [3.05, 3.63) is 107 Å². The highest BCUT2D eigenvalue weighted by Gasteiger charge is 2.38. The van der Waals surface area contributed by atoms with E-state index in [1.165, 1.54) is 17.0 Å². The van der Waals surface area contributed by atoms with Crippen LogP contribution in [0.4, 0.5) is 4.39 Å². The highest BCUT2D eigenvalue weighted by molar-refractivity contribution is 5.91. The molecule has 0 radical (unpaired) electrons. The van der Waals surface area contributed by atoms with Crippen molar-refractivity contribution in [3.8, 4) is 11.8 Å². The lowest BCUT2D eigenvalue weighted by Gasteiger charge is -2.40. The standard InChI is InChI=1S/C29H27FN2O3/c30-25-16-14-22(15-17-25)9-7-8-18-31-19-20-32(26(21-31)29(34)35)28(33)27(23-10-3-1-4-11-23)24-12-5-2-6-13-24/h1-6,10-17,26-27H,8,18-21H2,(H,34,35)/t26-/m0/s1. The number of nitrogens with zero attached hydrogens (tertiary/aromatic N) is 2. The Hall–Kier alpha value is -3.95. The smallest absolute Gasteiger partial charge is 0.327 e. The number of hydrogen-bond donors (Lipinski definition) is 1. The van der Waals surface area contributed by atoms with Crippen molar-refractivity contribution >= 4 is 11.9 Å². The molecule has 0 aliphatic carbocycles. The van der Waals surface area contributed by atoms with Crippen molar-refractivity contribution in [2.45, 2.75) is 18.4 Å². The van der Waals surface area contributed by atoms with E-state index < -0.39 is 17.9 Å². The van der Waals surface area contributed by atoms with Gasteiger partial charge in [0, 0.05) is 38.2 Å². The Kier molecular flexibility index (Phi) is 7.92. The van der Waals surface area contributed by atoms with Gasteiger partial charge in [-0.3, -0.25) is 9.69 Å². The third-order valence-electron chi connectivity index (χ3n) is 6.18. The molecule has 1 fully saturated rings. The zero-order valence-electron chi connectivity index (χ0n) is 19.3. The molecular formula is C29H27FN2O3. The summed E-state index contributed by atoms with van der Waals surface area (Å²) in [6.07, 6.45) is 0.550. The summed E-state index contributed by atoms with van der Waals surface area (Å²) >= 11 is 0. The topological polar surface area (TPSA) is 60.9 Å². The molecule has 5 nitrogen and oxygen atoms in total. The molecule has 1 N–H and O–H groups in total.